The second-order valence-electron chi connectivity index (χ2n) is 8.12. The monoisotopic (exact) mass is 492 g/mol. The minimum absolute atomic E-state index is 0.0736. The van der Waals surface area contributed by atoms with Crippen LogP contribution in [0.15, 0.2) is 82.2 Å². The normalized spacial score (nSPS) is 13.7. The molecule has 7 heteroatoms. The Hall–Kier alpha value is -3.22. The van der Waals surface area contributed by atoms with E-state index in [1.54, 1.807) is 18.2 Å². The summed E-state index contributed by atoms with van der Waals surface area (Å²) in [6.07, 6.45) is 3.13. The van der Waals surface area contributed by atoms with Gasteiger partial charge in [0.25, 0.3) is 11.8 Å². The molecule has 5 nitrogen and oxygen atoms in total. The molecule has 3 aromatic rings. The molecule has 1 aliphatic rings. The number of halogens is 1. The molecular weight excluding hydrogens is 468 g/mol. The van der Waals surface area contributed by atoms with E-state index in [1.165, 1.54) is 28.8 Å². The average molecular weight is 493 g/mol. The molecule has 174 valence electrons. The van der Waals surface area contributed by atoms with E-state index in [2.05, 4.69) is 12.2 Å². The zero-order chi connectivity index (χ0) is 24.2. The molecule has 34 heavy (non-hydrogen) atoms. The van der Waals surface area contributed by atoms with Crippen LogP contribution in [-0.2, 0) is 16.0 Å². The van der Waals surface area contributed by atoms with Crippen molar-refractivity contribution < 1.29 is 14.7 Å². The van der Waals surface area contributed by atoms with Crippen molar-refractivity contribution in [2.24, 2.45) is 0 Å². The number of thioether (sulfide) groups is 1. The van der Waals surface area contributed by atoms with Crippen molar-refractivity contribution in [3.8, 4) is 5.75 Å². The summed E-state index contributed by atoms with van der Waals surface area (Å²) in [5, 5.41) is 13.6. The molecule has 4 rings (SSSR count). The largest absolute Gasteiger partial charge is 0.506 e. The van der Waals surface area contributed by atoms with Gasteiger partial charge in [0.05, 0.1) is 11.4 Å². The molecule has 0 aliphatic carbocycles. The number of anilines is 2. The molecule has 1 aliphatic heterocycles. The molecule has 0 fully saturated rings. The number of hydrogen-bond acceptors (Lipinski definition) is 5. The maximum atomic E-state index is 13.5. The summed E-state index contributed by atoms with van der Waals surface area (Å²) in [6, 6.07) is 19.7. The van der Waals surface area contributed by atoms with Crippen LogP contribution in [0.5, 0.6) is 5.75 Å². The maximum absolute atomic E-state index is 13.5. The van der Waals surface area contributed by atoms with Crippen LogP contribution in [0.3, 0.4) is 0 Å². The Labute approximate surface area is 208 Å². The Morgan fingerprint density at radius 2 is 1.68 bits per heavy atom. The predicted molar refractivity (Wildman–Crippen MR) is 138 cm³/mol. The fourth-order valence-electron chi connectivity index (χ4n) is 3.61. The van der Waals surface area contributed by atoms with Crippen LogP contribution >= 0.6 is 23.4 Å². The van der Waals surface area contributed by atoms with Crippen molar-refractivity contribution in [3.63, 3.8) is 0 Å². The Morgan fingerprint density at radius 1 is 0.971 bits per heavy atom. The Balaban J connectivity index is 1.70. The molecule has 1 heterocycles. The topological polar surface area (TPSA) is 69.6 Å². The molecule has 0 atom stereocenters. The van der Waals surface area contributed by atoms with Crippen molar-refractivity contribution >= 4 is 46.6 Å². The molecule has 2 amide bonds. The van der Waals surface area contributed by atoms with Gasteiger partial charge in [-0.15, -0.1) is 0 Å². The number of phenols is 1. The first-order valence-corrected chi connectivity index (χ1v) is 12.3. The number of carbonyl (C=O) groups is 2. The lowest BCUT2D eigenvalue weighted by molar-refractivity contribution is -0.120. The molecule has 0 radical (unpaired) electrons. The number of aromatic hydroxyl groups is 1. The van der Waals surface area contributed by atoms with E-state index in [-0.39, 0.29) is 22.0 Å². The van der Waals surface area contributed by atoms with Crippen LogP contribution in [0.25, 0.3) is 0 Å². The van der Waals surface area contributed by atoms with Crippen LogP contribution < -0.4 is 10.2 Å². The number of imide groups is 1. The summed E-state index contributed by atoms with van der Waals surface area (Å²) < 4.78 is 0. The number of aryl methyl sites for hydroxylation is 2. The second-order valence-corrected chi connectivity index (χ2v) is 9.64. The van der Waals surface area contributed by atoms with Crippen LogP contribution in [0, 0.1) is 6.92 Å². The van der Waals surface area contributed by atoms with Crippen molar-refractivity contribution in [2.75, 3.05) is 10.2 Å². The number of rotatable bonds is 8. The standard InChI is InChI=1S/C27H25ClN2O3S/c1-3-4-5-18-8-11-20(12-9-18)30-26(32)24(29-22-16-19(28)10-15-23(22)31)25(27(30)33)34-21-13-6-17(2)7-14-21/h6-16,29,31H,3-5H2,1-2H3. The first-order valence-electron chi connectivity index (χ1n) is 11.1. The van der Waals surface area contributed by atoms with Crippen LogP contribution in [0.2, 0.25) is 5.02 Å². The molecule has 0 spiro atoms. The first kappa shape index (κ1) is 23.9. The highest BCUT2D eigenvalue weighted by molar-refractivity contribution is 8.04. The summed E-state index contributed by atoms with van der Waals surface area (Å²) in [7, 11) is 0. The molecule has 0 unspecified atom stereocenters. The number of unbranched alkanes of at least 4 members (excludes halogenated alkanes) is 1. The van der Waals surface area contributed by atoms with E-state index in [1.807, 2.05) is 43.3 Å². The molecule has 0 aromatic heterocycles. The minimum Gasteiger partial charge on any atom is -0.506 e. The fourth-order valence-corrected chi connectivity index (χ4v) is 4.71. The lowest BCUT2D eigenvalue weighted by atomic mass is 10.1. The lowest BCUT2D eigenvalue weighted by Crippen LogP contribution is -2.32. The van der Waals surface area contributed by atoms with E-state index < -0.39 is 11.8 Å². The smallest absolute Gasteiger partial charge is 0.283 e. The van der Waals surface area contributed by atoms with Crippen molar-refractivity contribution in [1.82, 2.24) is 0 Å². The SMILES string of the molecule is CCCCc1ccc(N2C(=O)C(Nc3cc(Cl)ccc3O)=C(Sc3ccc(C)cc3)C2=O)cc1. The lowest BCUT2D eigenvalue weighted by Gasteiger charge is -2.16. The third-order valence-electron chi connectivity index (χ3n) is 5.51. The number of nitrogens with one attached hydrogen (secondary N) is 1. The van der Waals surface area contributed by atoms with Crippen molar-refractivity contribution in [2.45, 2.75) is 38.0 Å². The fraction of sp³-hybridized carbons (Fsp3) is 0.185. The van der Waals surface area contributed by atoms with E-state index in [9.17, 15) is 14.7 Å². The van der Waals surface area contributed by atoms with Crippen molar-refractivity contribution in [3.05, 3.63) is 93.5 Å². The summed E-state index contributed by atoms with van der Waals surface area (Å²) in [4.78, 5) is 29.2. The van der Waals surface area contributed by atoms with Gasteiger partial charge < -0.3 is 10.4 Å². The average Bonchev–Trinajstić information content (AvgIpc) is 3.05. The quantitative estimate of drug-likeness (QED) is 0.271. The first-order chi connectivity index (χ1) is 16.4. The van der Waals surface area contributed by atoms with Gasteiger partial charge in [-0.1, -0.05) is 66.5 Å². The summed E-state index contributed by atoms with van der Waals surface area (Å²) in [6.45, 7) is 4.12. The molecular formula is C27H25ClN2O3S. The van der Waals surface area contributed by atoms with Crippen LogP contribution in [-0.4, -0.2) is 16.9 Å². The summed E-state index contributed by atoms with van der Waals surface area (Å²) in [5.74, 6) is -0.975. The van der Waals surface area contributed by atoms with Gasteiger partial charge in [-0.05, 0) is 67.8 Å². The van der Waals surface area contributed by atoms with E-state index in [4.69, 9.17) is 11.6 Å². The van der Waals surface area contributed by atoms with Gasteiger partial charge >= 0.3 is 0 Å². The van der Waals surface area contributed by atoms with Gasteiger partial charge in [0.15, 0.2) is 0 Å². The third-order valence-corrected chi connectivity index (χ3v) is 6.84. The Morgan fingerprint density at radius 3 is 2.35 bits per heavy atom. The summed E-state index contributed by atoms with van der Waals surface area (Å²) >= 11 is 7.30. The molecule has 2 N–H and O–H groups in total. The zero-order valence-corrected chi connectivity index (χ0v) is 20.5. The van der Waals surface area contributed by atoms with E-state index >= 15 is 0 Å². The number of benzene rings is 3. The van der Waals surface area contributed by atoms with Gasteiger partial charge in [0.2, 0.25) is 0 Å². The highest BCUT2D eigenvalue weighted by Crippen LogP contribution is 2.39. The van der Waals surface area contributed by atoms with E-state index in [0.29, 0.717) is 10.7 Å². The minimum atomic E-state index is -0.486. The van der Waals surface area contributed by atoms with Gasteiger partial charge in [0, 0.05) is 9.92 Å². The summed E-state index contributed by atoms with van der Waals surface area (Å²) in [5.41, 5.74) is 3.11. The van der Waals surface area contributed by atoms with Gasteiger partial charge in [-0.2, -0.15) is 0 Å². The highest BCUT2D eigenvalue weighted by atomic mass is 35.5. The maximum Gasteiger partial charge on any atom is 0.283 e. The number of hydrogen-bond donors (Lipinski definition) is 2. The Bertz CT molecular complexity index is 1250. The van der Waals surface area contributed by atoms with Crippen LogP contribution in [0.4, 0.5) is 11.4 Å². The zero-order valence-electron chi connectivity index (χ0n) is 19.0. The third kappa shape index (κ3) is 5.13. The molecule has 0 saturated carbocycles. The van der Waals surface area contributed by atoms with E-state index in [0.717, 1.165) is 35.3 Å². The predicted octanol–water partition coefficient (Wildman–Crippen LogP) is 6.69. The highest BCUT2D eigenvalue weighted by Gasteiger charge is 2.40. The second kappa shape index (κ2) is 10.4. The molecule has 3 aromatic carbocycles. The number of carbonyl (C=O) groups excluding carboxylic acids is 2. The number of nitrogens with zero attached hydrogens (tertiary/aromatic N) is 1. The van der Waals surface area contributed by atoms with Crippen LogP contribution in [0.1, 0.15) is 30.9 Å². The van der Waals surface area contributed by atoms with Gasteiger partial charge in [0.1, 0.15) is 16.4 Å². The number of phenolic OH excluding ortho intramolecular Hbond substituents is 1. The number of amides is 2. The van der Waals surface area contributed by atoms with Gasteiger partial charge in [-0.3, -0.25) is 9.59 Å². The van der Waals surface area contributed by atoms with Gasteiger partial charge in [-0.25, -0.2) is 4.90 Å². The Kier molecular flexibility index (Phi) is 7.29. The molecule has 0 saturated heterocycles. The molecule has 0 bridgehead atoms. The van der Waals surface area contributed by atoms with Crippen molar-refractivity contribution in [1.29, 1.82) is 0 Å².